The first kappa shape index (κ1) is 14.1. The first-order valence-electron chi connectivity index (χ1n) is 6.99. The maximum atomic E-state index is 12.3. The number of esters is 1. The first-order chi connectivity index (χ1) is 9.00. The molecule has 1 N–H and O–H groups in total. The Labute approximate surface area is 115 Å². The van der Waals surface area contributed by atoms with Gasteiger partial charge in [-0.15, -0.1) is 0 Å². The quantitative estimate of drug-likeness (QED) is 0.850. The van der Waals surface area contributed by atoms with Crippen LogP contribution in [0.4, 0.5) is 0 Å². The van der Waals surface area contributed by atoms with Crippen LogP contribution in [0.2, 0.25) is 0 Å². The van der Waals surface area contributed by atoms with E-state index < -0.39 is 0 Å². The highest BCUT2D eigenvalue weighted by Crippen LogP contribution is 2.31. The molecule has 104 valence electrons. The molecule has 0 saturated carbocycles. The van der Waals surface area contributed by atoms with E-state index in [2.05, 4.69) is 19.2 Å². The molecule has 2 unspecified atom stereocenters. The predicted molar refractivity (Wildman–Crippen MR) is 75.8 cm³/mol. The number of piperidine rings is 1. The van der Waals surface area contributed by atoms with Crippen LogP contribution in [0.5, 0.6) is 0 Å². The Kier molecular flexibility index (Phi) is 4.25. The SMILES string of the molecule is CC(OC(=O)C1NCCCC1(C)C)c1ccccc1. The van der Waals surface area contributed by atoms with Crippen molar-refractivity contribution in [2.45, 2.75) is 45.8 Å². The predicted octanol–water partition coefficient (Wildman–Crippen LogP) is 3.07. The molecule has 1 aromatic carbocycles. The van der Waals surface area contributed by atoms with Crippen molar-refractivity contribution in [3.05, 3.63) is 35.9 Å². The van der Waals surface area contributed by atoms with Crippen molar-refractivity contribution in [3.63, 3.8) is 0 Å². The number of ether oxygens (including phenoxy) is 1. The van der Waals surface area contributed by atoms with Crippen molar-refractivity contribution >= 4 is 5.97 Å². The van der Waals surface area contributed by atoms with Crippen LogP contribution in [0.1, 0.15) is 45.3 Å². The molecular weight excluding hydrogens is 238 g/mol. The Morgan fingerprint density at radius 2 is 2.05 bits per heavy atom. The van der Waals surface area contributed by atoms with Gasteiger partial charge in [-0.05, 0) is 37.3 Å². The Morgan fingerprint density at radius 1 is 1.37 bits per heavy atom. The Morgan fingerprint density at radius 3 is 2.68 bits per heavy atom. The lowest BCUT2D eigenvalue weighted by molar-refractivity contribution is -0.155. The Bertz CT molecular complexity index is 428. The van der Waals surface area contributed by atoms with Crippen molar-refractivity contribution in [1.29, 1.82) is 0 Å². The molecule has 1 aromatic rings. The minimum atomic E-state index is -0.201. The van der Waals surface area contributed by atoms with E-state index in [9.17, 15) is 4.79 Å². The van der Waals surface area contributed by atoms with Gasteiger partial charge in [-0.3, -0.25) is 4.79 Å². The van der Waals surface area contributed by atoms with Gasteiger partial charge in [0.05, 0.1) is 0 Å². The number of carbonyl (C=O) groups excluding carboxylic acids is 1. The minimum absolute atomic E-state index is 0.0360. The zero-order valence-electron chi connectivity index (χ0n) is 12.0. The molecule has 0 radical (unpaired) electrons. The van der Waals surface area contributed by atoms with E-state index in [4.69, 9.17) is 4.74 Å². The highest BCUT2D eigenvalue weighted by atomic mass is 16.5. The van der Waals surface area contributed by atoms with E-state index in [1.807, 2.05) is 37.3 Å². The highest BCUT2D eigenvalue weighted by molar-refractivity contribution is 5.77. The molecule has 1 heterocycles. The zero-order valence-corrected chi connectivity index (χ0v) is 12.0. The molecule has 1 fully saturated rings. The van der Waals surface area contributed by atoms with Gasteiger partial charge in [-0.1, -0.05) is 44.2 Å². The van der Waals surface area contributed by atoms with Crippen LogP contribution in [0.15, 0.2) is 30.3 Å². The monoisotopic (exact) mass is 261 g/mol. The van der Waals surface area contributed by atoms with Gasteiger partial charge in [0.2, 0.25) is 0 Å². The van der Waals surface area contributed by atoms with Crippen molar-refractivity contribution in [1.82, 2.24) is 5.32 Å². The molecule has 1 saturated heterocycles. The second-order valence-electron chi connectivity index (χ2n) is 5.97. The number of benzene rings is 1. The van der Waals surface area contributed by atoms with E-state index in [1.165, 1.54) is 0 Å². The van der Waals surface area contributed by atoms with Crippen LogP contribution in [-0.2, 0) is 9.53 Å². The van der Waals surface area contributed by atoms with Gasteiger partial charge < -0.3 is 10.1 Å². The standard InChI is InChI=1S/C16H23NO2/c1-12(13-8-5-4-6-9-13)19-15(18)14-16(2,3)10-7-11-17-14/h4-6,8-9,12,14,17H,7,10-11H2,1-3H3. The summed E-state index contributed by atoms with van der Waals surface area (Å²) in [5.74, 6) is -0.138. The molecule has 2 rings (SSSR count). The number of nitrogens with one attached hydrogen (secondary N) is 1. The van der Waals surface area contributed by atoms with E-state index in [1.54, 1.807) is 0 Å². The molecule has 0 aliphatic carbocycles. The fraction of sp³-hybridized carbons (Fsp3) is 0.562. The van der Waals surface area contributed by atoms with Gasteiger partial charge in [-0.25, -0.2) is 0 Å². The van der Waals surface area contributed by atoms with Crippen LogP contribution in [-0.4, -0.2) is 18.6 Å². The van der Waals surface area contributed by atoms with E-state index >= 15 is 0 Å². The van der Waals surface area contributed by atoms with Crippen molar-refractivity contribution in [2.24, 2.45) is 5.41 Å². The zero-order chi connectivity index (χ0) is 13.9. The van der Waals surface area contributed by atoms with Gasteiger partial charge in [0.1, 0.15) is 12.1 Å². The van der Waals surface area contributed by atoms with Crippen LogP contribution < -0.4 is 5.32 Å². The lowest BCUT2D eigenvalue weighted by Gasteiger charge is -2.38. The Balaban J connectivity index is 2.01. The fourth-order valence-electron chi connectivity index (χ4n) is 2.65. The van der Waals surface area contributed by atoms with Crippen LogP contribution in [0.3, 0.4) is 0 Å². The van der Waals surface area contributed by atoms with Crippen LogP contribution in [0, 0.1) is 5.41 Å². The van der Waals surface area contributed by atoms with Crippen molar-refractivity contribution in [3.8, 4) is 0 Å². The van der Waals surface area contributed by atoms with Crippen LogP contribution in [0.25, 0.3) is 0 Å². The third-order valence-electron chi connectivity index (χ3n) is 3.93. The van der Waals surface area contributed by atoms with E-state index in [0.717, 1.165) is 24.9 Å². The van der Waals surface area contributed by atoms with Gasteiger partial charge >= 0.3 is 5.97 Å². The number of hydrogen-bond donors (Lipinski definition) is 1. The summed E-state index contributed by atoms with van der Waals surface area (Å²) in [7, 11) is 0. The average molecular weight is 261 g/mol. The number of rotatable bonds is 3. The summed E-state index contributed by atoms with van der Waals surface area (Å²) < 4.78 is 5.61. The molecule has 3 heteroatoms. The fourth-order valence-corrected chi connectivity index (χ4v) is 2.65. The maximum absolute atomic E-state index is 12.3. The van der Waals surface area contributed by atoms with Gasteiger partial charge in [0.25, 0.3) is 0 Å². The number of hydrogen-bond acceptors (Lipinski definition) is 3. The summed E-state index contributed by atoms with van der Waals surface area (Å²) in [6, 6.07) is 9.65. The summed E-state index contributed by atoms with van der Waals surface area (Å²) in [5, 5.41) is 3.29. The van der Waals surface area contributed by atoms with E-state index in [0.29, 0.717) is 0 Å². The third-order valence-corrected chi connectivity index (χ3v) is 3.93. The normalized spacial score (nSPS) is 23.6. The lowest BCUT2D eigenvalue weighted by Crippen LogP contribution is -2.52. The molecule has 3 nitrogen and oxygen atoms in total. The molecular formula is C16H23NO2. The number of carbonyl (C=O) groups is 1. The van der Waals surface area contributed by atoms with Crippen molar-refractivity contribution < 1.29 is 9.53 Å². The van der Waals surface area contributed by atoms with Crippen molar-refractivity contribution in [2.75, 3.05) is 6.54 Å². The smallest absolute Gasteiger partial charge is 0.324 e. The second kappa shape index (κ2) is 5.74. The summed E-state index contributed by atoms with van der Waals surface area (Å²) >= 11 is 0. The molecule has 1 aliphatic rings. The Hall–Kier alpha value is -1.35. The average Bonchev–Trinajstić information content (AvgIpc) is 2.39. The molecule has 0 aromatic heterocycles. The largest absolute Gasteiger partial charge is 0.457 e. The maximum Gasteiger partial charge on any atom is 0.324 e. The molecule has 0 spiro atoms. The minimum Gasteiger partial charge on any atom is -0.457 e. The lowest BCUT2D eigenvalue weighted by atomic mass is 9.77. The molecule has 1 aliphatic heterocycles. The third kappa shape index (κ3) is 3.35. The van der Waals surface area contributed by atoms with Gasteiger partial charge in [-0.2, -0.15) is 0 Å². The van der Waals surface area contributed by atoms with Crippen LogP contribution >= 0.6 is 0 Å². The summed E-state index contributed by atoms with van der Waals surface area (Å²) in [4.78, 5) is 12.3. The van der Waals surface area contributed by atoms with Gasteiger partial charge in [0.15, 0.2) is 0 Å². The second-order valence-corrected chi connectivity index (χ2v) is 5.97. The first-order valence-corrected chi connectivity index (χ1v) is 6.99. The van der Waals surface area contributed by atoms with Gasteiger partial charge in [0, 0.05) is 0 Å². The molecule has 0 bridgehead atoms. The molecule has 19 heavy (non-hydrogen) atoms. The van der Waals surface area contributed by atoms with E-state index in [-0.39, 0.29) is 23.5 Å². The topological polar surface area (TPSA) is 38.3 Å². The summed E-state index contributed by atoms with van der Waals surface area (Å²) in [5.41, 5.74) is 0.996. The summed E-state index contributed by atoms with van der Waals surface area (Å²) in [6.07, 6.45) is 1.97. The highest BCUT2D eigenvalue weighted by Gasteiger charge is 2.38. The summed E-state index contributed by atoms with van der Waals surface area (Å²) in [6.45, 7) is 7.06. The molecule has 2 atom stereocenters. The molecule has 0 amide bonds.